The third-order valence-corrected chi connectivity index (χ3v) is 4.73. The van der Waals surface area contributed by atoms with Crippen LogP contribution in [0.15, 0.2) is 60.7 Å². The van der Waals surface area contributed by atoms with Crippen molar-refractivity contribution in [1.82, 2.24) is 4.90 Å². The lowest BCUT2D eigenvalue weighted by molar-refractivity contribution is -0.140. The molecule has 2 aromatic carbocycles. The molecule has 1 aliphatic rings. The molecule has 1 saturated heterocycles. The number of carbonyl (C=O) groups excluding carboxylic acids is 1. The summed E-state index contributed by atoms with van der Waals surface area (Å²) in [5, 5.41) is 0. The number of benzene rings is 2. The van der Waals surface area contributed by atoms with E-state index >= 15 is 0 Å². The molecular weight excluding hydrogens is 286 g/mol. The van der Waals surface area contributed by atoms with E-state index < -0.39 is 5.41 Å². The molecule has 0 bridgehead atoms. The minimum absolute atomic E-state index is 0.181. The second-order valence-corrected chi connectivity index (χ2v) is 5.90. The SMILES string of the molecule is CCC(C(=O)N1CCOCC1)(c1ccccc1)c1ccccc1. The molecule has 23 heavy (non-hydrogen) atoms. The lowest BCUT2D eigenvalue weighted by atomic mass is 9.71. The smallest absolute Gasteiger partial charge is 0.237 e. The normalized spacial score (nSPS) is 15.4. The van der Waals surface area contributed by atoms with E-state index in [1.165, 1.54) is 0 Å². The van der Waals surface area contributed by atoms with Crippen LogP contribution in [0.2, 0.25) is 0 Å². The minimum atomic E-state index is -0.625. The molecule has 0 spiro atoms. The topological polar surface area (TPSA) is 29.5 Å². The maximum absolute atomic E-state index is 13.5. The van der Waals surface area contributed by atoms with Crippen LogP contribution in [0.4, 0.5) is 0 Å². The molecule has 0 unspecified atom stereocenters. The van der Waals surface area contributed by atoms with Gasteiger partial charge in [0.1, 0.15) is 0 Å². The lowest BCUT2D eigenvalue weighted by Gasteiger charge is -2.39. The van der Waals surface area contributed by atoms with Gasteiger partial charge in [-0.2, -0.15) is 0 Å². The Morgan fingerprint density at radius 3 is 1.87 bits per heavy atom. The van der Waals surface area contributed by atoms with Crippen molar-refractivity contribution in [1.29, 1.82) is 0 Å². The quantitative estimate of drug-likeness (QED) is 0.868. The highest BCUT2D eigenvalue weighted by atomic mass is 16.5. The molecule has 3 nitrogen and oxygen atoms in total. The maximum Gasteiger partial charge on any atom is 0.237 e. The Morgan fingerprint density at radius 1 is 0.957 bits per heavy atom. The Morgan fingerprint density at radius 2 is 1.43 bits per heavy atom. The van der Waals surface area contributed by atoms with Crippen LogP contribution in [-0.4, -0.2) is 37.1 Å². The minimum Gasteiger partial charge on any atom is -0.378 e. The van der Waals surface area contributed by atoms with Gasteiger partial charge < -0.3 is 9.64 Å². The molecule has 0 aliphatic carbocycles. The molecule has 3 heteroatoms. The van der Waals surface area contributed by atoms with E-state index in [9.17, 15) is 4.79 Å². The van der Waals surface area contributed by atoms with Gasteiger partial charge in [0, 0.05) is 13.1 Å². The Labute approximate surface area is 137 Å². The van der Waals surface area contributed by atoms with Crippen LogP contribution in [0.1, 0.15) is 24.5 Å². The highest BCUT2D eigenvalue weighted by molar-refractivity contribution is 5.92. The molecule has 3 rings (SSSR count). The van der Waals surface area contributed by atoms with Crippen molar-refractivity contribution in [2.45, 2.75) is 18.8 Å². The third-order valence-electron chi connectivity index (χ3n) is 4.73. The van der Waals surface area contributed by atoms with Gasteiger partial charge in [-0.15, -0.1) is 0 Å². The number of hydrogen-bond acceptors (Lipinski definition) is 2. The largest absolute Gasteiger partial charge is 0.378 e. The van der Waals surface area contributed by atoms with Crippen molar-refractivity contribution in [2.24, 2.45) is 0 Å². The Bertz CT molecular complexity index is 594. The average Bonchev–Trinajstić information content (AvgIpc) is 2.65. The standard InChI is InChI=1S/C20H23NO2/c1-2-20(17-9-5-3-6-10-17,18-11-7-4-8-12-18)19(22)21-13-15-23-16-14-21/h3-12H,2,13-16H2,1H3. The molecule has 1 heterocycles. The van der Waals surface area contributed by atoms with Crippen molar-refractivity contribution in [3.63, 3.8) is 0 Å². The van der Waals surface area contributed by atoms with Crippen LogP contribution in [0.25, 0.3) is 0 Å². The average molecular weight is 309 g/mol. The molecule has 0 radical (unpaired) electrons. The highest BCUT2D eigenvalue weighted by Gasteiger charge is 2.43. The highest BCUT2D eigenvalue weighted by Crippen LogP contribution is 2.37. The second-order valence-electron chi connectivity index (χ2n) is 5.90. The summed E-state index contributed by atoms with van der Waals surface area (Å²) in [5.74, 6) is 0.181. The molecule has 0 atom stereocenters. The molecule has 0 aromatic heterocycles. The molecule has 1 aliphatic heterocycles. The van der Waals surface area contributed by atoms with Gasteiger partial charge in [-0.25, -0.2) is 0 Å². The predicted octanol–water partition coefficient (Wildman–Crippen LogP) is 3.24. The van der Waals surface area contributed by atoms with Gasteiger partial charge in [-0.05, 0) is 17.5 Å². The number of hydrogen-bond donors (Lipinski definition) is 0. The predicted molar refractivity (Wildman–Crippen MR) is 91.4 cm³/mol. The number of morpholine rings is 1. The molecule has 1 fully saturated rings. The summed E-state index contributed by atoms with van der Waals surface area (Å²) in [4.78, 5) is 15.5. The molecule has 1 amide bonds. The zero-order valence-corrected chi connectivity index (χ0v) is 13.6. The van der Waals surface area contributed by atoms with Gasteiger partial charge in [0.25, 0.3) is 0 Å². The van der Waals surface area contributed by atoms with E-state index in [-0.39, 0.29) is 5.91 Å². The van der Waals surface area contributed by atoms with Gasteiger partial charge >= 0.3 is 0 Å². The van der Waals surface area contributed by atoms with Crippen molar-refractivity contribution < 1.29 is 9.53 Å². The lowest BCUT2D eigenvalue weighted by Crippen LogP contribution is -2.51. The number of amides is 1. The number of nitrogens with zero attached hydrogens (tertiary/aromatic N) is 1. The van der Waals surface area contributed by atoms with Crippen LogP contribution >= 0.6 is 0 Å². The summed E-state index contributed by atoms with van der Waals surface area (Å²) < 4.78 is 5.41. The first-order chi connectivity index (χ1) is 11.3. The molecular formula is C20H23NO2. The fourth-order valence-electron chi connectivity index (χ4n) is 3.45. The van der Waals surface area contributed by atoms with E-state index in [1.54, 1.807) is 0 Å². The van der Waals surface area contributed by atoms with Crippen molar-refractivity contribution in [3.8, 4) is 0 Å². The van der Waals surface area contributed by atoms with E-state index in [0.717, 1.165) is 17.5 Å². The van der Waals surface area contributed by atoms with E-state index in [1.807, 2.05) is 41.3 Å². The van der Waals surface area contributed by atoms with Crippen LogP contribution in [0, 0.1) is 0 Å². The van der Waals surface area contributed by atoms with Crippen molar-refractivity contribution >= 4 is 5.91 Å². The van der Waals surface area contributed by atoms with Crippen LogP contribution in [0.5, 0.6) is 0 Å². The van der Waals surface area contributed by atoms with Crippen LogP contribution < -0.4 is 0 Å². The first-order valence-corrected chi connectivity index (χ1v) is 8.27. The Hall–Kier alpha value is -2.13. The Kier molecular flexibility index (Phi) is 4.77. The third kappa shape index (κ3) is 2.89. The molecule has 0 saturated carbocycles. The number of rotatable bonds is 4. The number of ether oxygens (including phenoxy) is 1. The van der Waals surface area contributed by atoms with Gasteiger partial charge in [0.2, 0.25) is 5.91 Å². The van der Waals surface area contributed by atoms with Crippen LogP contribution in [-0.2, 0) is 14.9 Å². The van der Waals surface area contributed by atoms with Gasteiger partial charge in [-0.1, -0.05) is 67.6 Å². The summed E-state index contributed by atoms with van der Waals surface area (Å²) in [6.45, 7) is 4.67. The molecule has 120 valence electrons. The summed E-state index contributed by atoms with van der Waals surface area (Å²) in [7, 11) is 0. The van der Waals surface area contributed by atoms with Gasteiger partial charge in [-0.3, -0.25) is 4.79 Å². The van der Waals surface area contributed by atoms with Crippen LogP contribution in [0.3, 0.4) is 0 Å². The van der Waals surface area contributed by atoms with E-state index in [2.05, 4.69) is 31.2 Å². The summed E-state index contributed by atoms with van der Waals surface area (Å²) in [5.41, 5.74) is 1.50. The molecule has 0 N–H and O–H groups in total. The number of carbonyl (C=O) groups is 1. The second kappa shape index (κ2) is 6.97. The summed E-state index contributed by atoms with van der Waals surface area (Å²) >= 11 is 0. The van der Waals surface area contributed by atoms with E-state index in [0.29, 0.717) is 26.3 Å². The zero-order chi connectivity index (χ0) is 16.1. The Balaban J connectivity index is 2.11. The van der Waals surface area contributed by atoms with E-state index in [4.69, 9.17) is 4.74 Å². The first-order valence-electron chi connectivity index (χ1n) is 8.27. The maximum atomic E-state index is 13.5. The van der Waals surface area contributed by atoms with Gasteiger partial charge in [0.05, 0.1) is 18.6 Å². The van der Waals surface area contributed by atoms with Crippen molar-refractivity contribution in [2.75, 3.05) is 26.3 Å². The van der Waals surface area contributed by atoms with Crippen molar-refractivity contribution in [3.05, 3.63) is 71.8 Å². The zero-order valence-electron chi connectivity index (χ0n) is 13.6. The fourth-order valence-corrected chi connectivity index (χ4v) is 3.45. The van der Waals surface area contributed by atoms with Gasteiger partial charge in [0.15, 0.2) is 0 Å². The fraction of sp³-hybridized carbons (Fsp3) is 0.350. The summed E-state index contributed by atoms with van der Waals surface area (Å²) in [6, 6.07) is 20.3. The molecule has 2 aromatic rings. The summed E-state index contributed by atoms with van der Waals surface area (Å²) in [6.07, 6.45) is 0.733. The first kappa shape index (κ1) is 15.8. The monoisotopic (exact) mass is 309 g/mol.